The third kappa shape index (κ3) is 3.03. The van der Waals surface area contributed by atoms with Gasteiger partial charge in [0.1, 0.15) is 6.10 Å². The standard InChI is InChI=1S/C15H17N3O4/c1-20-13-14(17-7-6-16-13)22-11-4-2-8-18(10-11)15(19)12-5-3-9-21-12/h3,5-7,9,11H,2,4,8,10H2,1H3/t11-/m0/s1. The average molecular weight is 303 g/mol. The number of carbonyl (C=O) groups is 1. The molecule has 0 bridgehead atoms. The molecule has 3 rings (SSSR count). The molecule has 0 aliphatic carbocycles. The molecule has 1 saturated heterocycles. The average Bonchev–Trinajstić information content (AvgIpc) is 3.09. The number of hydrogen-bond donors (Lipinski definition) is 0. The summed E-state index contributed by atoms with van der Waals surface area (Å²) in [4.78, 5) is 22.2. The Morgan fingerprint density at radius 3 is 2.91 bits per heavy atom. The maximum Gasteiger partial charge on any atom is 0.289 e. The van der Waals surface area contributed by atoms with Crippen molar-refractivity contribution in [3.8, 4) is 11.8 Å². The fraction of sp³-hybridized carbons (Fsp3) is 0.400. The van der Waals surface area contributed by atoms with Crippen molar-refractivity contribution in [3.05, 3.63) is 36.5 Å². The lowest BCUT2D eigenvalue weighted by Crippen LogP contribution is -2.44. The van der Waals surface area contributed by atoms with Crippen LogP contribution in [0.2, 0.25) is 0 Å². The highest BCUT2D eigenvalue weighted by Crippen LogP contribution is 2.24. The van der Waals surface area contributed by atoms with Gasteiger partial charge in [-0.2, -0.15) is 0 Å². The molecule has 0 spiro atoms. The lowest BCUT2D eigenvalue weighted by molar-refractivity contribution is 0.0492. The van der Waals surface area contributed by atoms with Crippen molar-refractivity contribution >= 4 is 5.91 Å². The fourth-order valence-electron chi connectivity index (χ4n) is 2.47. The quantitative estimate of drug-likeness (QED) is 0.856. The van der Waals surface area contributed by atoms with Crippen LogP contribution in [-0.4, -0.2) is 47.1 Å². The van der Waals surface area contributed by atoms with Crippen LogP contribution in [0.5, 0.6) is 11.8 Å². The number of likely N-dealkylation sites (tertiary alicyclic amines) is 1. The van der Waals surface area contributed by atoms with Gasteiger partial charge in [0, 0.05) is 18.9 Å². The summed E-state index contributed by atoms with van der Waals surface area (Å²) in [6.45, 7) is 1.18. The van der Waals surface area contributed by atoms with E-state index in [2.05, 4.69) is 9.97 Å². The molecule has 7 nitrogen and oxygen atoms in total. The van der Waals surface area contributed by atoms with Gasteiger partial charge in [-0.15, -0.1) is 0 Å². The topological polar surface area (TPSA) is 77.7 Å². The number of piperidine rings is 1. The van der Waals surface area contributed by atoms with Crippen LogP contribution in [0.4, 0.5) is 0 Å². The number of hydrogen-bond acceptors (Lipinski definition) is 6. The highest BCUT2D eigenvalue weighted by atomic mass is 16.5. The Hall–Kier alpha value is -2.57. The highest BCUT2D eigenvalue weighted by Gasteiger charge is 2.27. The Balaban J connectivity index is 1.67. The Kier molecular flexibility index (Phi) is 4.22. The molecule has 0 N–H and O–H groups in total. The molecule has 1 atom stereocenters. The lowest BCUT2D eigenvalue weighted by Gasteiger charge is -2.32. The highest BCUT2D eigenvalue weighted by molar-refractivity contribution is 5.91. The minimum atomic E-state index is -0.140. The molecule has 1 aliphatic rings. The van der Waals surface area contributed by atoms with Crippen LogP contribution in [0.3, 0.4) is 0 Å². The van der Waals surface area contributed by atoms with Gasteiger partial charge in [-0.05, 0) is 25.0 Å². The van der Waals surface area contributed by atoms with Gasteiger partial charge >= 0.3 is 0 Å². The summed E-state index contributed by atoms with van der Waals surface area (Å²) in [7, 11) is 1.52. The molecular formula is C15H17N3O4. The van der Waals surface area contributed by atoms with E-state index in [0.717, 1.165) is 12.8 Å². The van der Waals surface area contributed by atoms with Gasteiger partial charge in [-0.3, -0.25) is 4.79 Å². The minimum Gasteiger partial charge on any atom is -0.477 e. The van der Waals surface area contributed by atoms with Crippen LogP contribution in [0, 0.1) is 0 Å². The van der Waals surface area contributed by atoms with Gasteiger partial charge in [0.25, 0.3) is 17.7 Å². The van der Waals surface area contributed by atoms with Crippen molar-refractivity contribution in [2.75, 3.05) is 20.2 Å². The summed E-state index contributed by atoms with van der Waals surface area (Å²) in [5, 5.41) is 0. The number of ether oxygens (including phenoxy) is 2. The van der Waals surface area contributed by atoms with Crippen molar-refractivity contribution in [1.29, 1.82) is 0 Å². The van der Waals surface area contributed by atoms with Gasteiger partial charge in [-0.25, -0.2) is 9.97 Å². The first-order valence-corrected chi connectivity index (χ1v) is 7.12. The van der Waals surface area contributed by atoms with E-state index >= 15 is 0 Å². The smallest absolute Gasteiger partial charge is 0.289 e. The van der Waals surface area contributed by atoms with Crippen molar-refractivity contribution in [3.63, 3.8) is 0 Å². The molecule has 2 aromatic heterocycles. The summed E-state index contributed by atoms with van der Waals surface area (Å²) in [6.07, 6.45) is 6.15. The Morgan fingerprint density at radius 1 is 1.36 bits per heavy atom. The van der Waals surface area contributed by atoms with E-state index in [4.69, 9.17) is 13.9 Å². The normalized spacial score (nSPS) is 18.0. The third-order valence-electron chi connectivity index (χ3n) is 3.50. The van der Waals surface area contributed by atoms with Crippen molar-refractivity contribution in [1.82, 2.24) is 14.9 Å². The number of rotatable bonds is 4. The molecule has 1 fully saturated rings. The predicted molar refractivity (Wildman–Crippen MR) is 76.8 cm³/mol. The maximum atomic E-state index is 12.3. The number of carbonyl (C=O) groups excluding carboxylic acids is 1. The van der Waals surface area contributed by atoms with Crippen LogP contribution in [0.15, 0.2) is 35.2 Å². The van der Waals surface area contributed by atoms with E-state index in [9.17, 15) is 4.79 Å². The zero-order valence-corrected chi connectivity index (χ0v) is 12.3. The number of nitrogens with zero attached hydrogens (tertiary/aromatic N) is 3. The van der Waals surface area contributed by atoms with Crippen molar-refractivity contribution < 1.29 is 18.7 Å². The third-order valence-corrected chi connectivity index (χ3v) is 3.50. The predicted octanol–water partition coefficient (Wildman–Crippen LogP) is 1.76. The maximum absolute atomic E-state index is 12.3. The molecule has 0 radical (unpaired) electrons. The molecule has 116 valence electrons. The van der Waals surface area contributed by atoms with E-state index in [1.807, 2.05) is 0 Å². The van der Waals surface area contributed by atoms with Gasteiger partial charge in [0.15, 0.2) is 5.76 Å². The zero-order chi connectivity index (χ0) is 15.4. The van der Waals surface area contributed by atoms with Gasteiger partial charge in [0.05, 0.1) is 19.9 Å². The first-order chi connectivity index (χ1) is 10.8. The molecule has 3 heterocycles. The molecule has 1 aliphatic heterocycles. The molecule has 7 heteroatoms. The molecule has 2 aromatic rings. The Labute approximate surface area is 127 Å². The monoisotopic (exact) mass is 303 g/mol. The minimum absolute atomic E-state index is 0.121. The van der Waals surface area contributed by atoms with Crippen LogP contribution >= 0.6 is 0 Å². The number of aromatic nitrogens is 2. The lowest BCUT2D eigenvalue weighted by atomic mass is 10.1. The van der Waals surface area contributed by atoms with Gasteiger partial charge in [-0.1, -0.05) is 0 Å². The second-order valence-corrected chi connectivity index (χ2v) is 4.98. The van der Waals surface area contributed by atoms with E-state index in [0.29, 0.717) is 30.6 Å². The van der Waals surface area contributed by atoms with Crippen molar-refractivity contribution in [2.24, 2.45) is 0 Å². The second kappa shape index (κ2) is 6.46. The number of furan rings is 1. The summed E-state index contributed by atoms with van der Waals surface area (Å²) >= 11 is 0. The summed E-state index contributed by atoms with van der Waals surface area (Å²) < 4.78 is 16.1. The van der Waals surface area contributed by atoms with Crippen LogP contribution in [-0.2, 0) is 0 Å². The van der Waals surface area contributed by atoms with E-state index in [1.54, 1.807) is 29.4 Å². The van der Waals surface area contributed by atoms with Gasteiger partial charge < -0.3 is 18.8 Å². The molecule has 22 heavy (non-hydrogen) atoms. The van der Waals surface area contributed by atoms with E-state index in [-0.39, 0.29) is 12.0 Å². The SMILES string of the molecule is COc1nccnc1O[C@H]1CCCN(C(=O)c2ccco2)C1. The Bertz CT molecular complexity index is 629. The summed E-state index contributed by atoms with van der Waals surface area (Å²) in [6, 6.07) is 3.37. The molecule has 0 saturated carbocycles. The first kappa shape index (κ1) is 14.4. The van der Waals surface area contributed by atoms with Crippen LogP contribution in [0.25, 0.3) is 0 Å². The largest absolute Gasteiger partial charge is 0.477 e. The molecular weight excluding hydrogens is 286 g/mol. The number of amides is 1. The molecule has 1 amide bonds. The molecule has 0 unspecified atom stereocenters. The van der Waals surface area contributed by atoms with Gasteiger partial charge in [0.2, 0.25) is 0 Å². The first-order valence-electron chi connectivity index (χ1n) is 7.12. The van der Waals surface area contributed by atoms with Crippen LogP contribution in [0.1, 0.15) is 23.4 Å². The number of methoxy groups -OCH3 is 1. The summed E-state index contributed by atoms with van der Waals surface area (Å²) in [5.41, 5.74) is 0. The molecule has 0 aromatic carbocycles. The fourth-order valence-corrected chi connectivity index (χ4v) is 2.47. The Morgan fingerprint density at radius 2 is 2.18 bits per heavy atom. The zero-order valence-electron chi connectivity index (χ0n) is 12.3. The van der Waals surface area contributed by atoms with Crippen LogP contribution < -0.4 is 9.47 Å². The second-order valence-electron chi connectivity index (χ2n) is 4.98. The van der Waals surface area contributed by atoms with E-state index < -0.39 is 0 Å². The van der Waals surface area contributed by atoms with E-state index in [1.165, 1.54) is 13.4 Å². The summed E-state index contributed by atoms with van der Waals surface area (Å²) in [5.74, 6) is 0.918. The van der Waals surface area contributed by atoms with Crippen molar-refractivity contribution in [2.45, 2.75) is 18.9 Å².